The topological polar surface area (TPSA) is 41.1 Å². The largest absolute Gasteiger partial charge is 0.324 e. The first kappa shape index (κ1) is 14.0. The standard InChI is InChI=1S/C13H18N2O.ClH/c1-9-5-6-10(2)12(8-9)15-13(16)11-4-3-7-14-11;/h5-6,8,11,14H,3-4,7H2,1-2H3,(H,15,16);1H. The van der Waals surface area contributed by atoms with Crippen molar-refractivity contribution in [2.75, 3.05) is 11.9 Å². The maximum atomic E-state index is 11.9. The van der Waals surface area contributed by atoms with Crippen molar-refractivity contribution < 1.29 is 4.79 Å². The first-order valence-corrected chi connectivity index (χ1v) is 5.78. The average Bonchev–Trinajstić information content (AvgIpc) is 2.76. The molecule has 0 aliphatic carbocycles. The predicted molar refractivity (Wildman–Crippen MR) is 72.8 cm³/mol. The van der Waals surface area contributed by atoms with Crippen molar-refractivity contribution in [2.24, 2.45) is 0 Å². The molecule has 1 atom stereocenters. The molecule has 1 aliphatic heterocycles. The zero-order valence-electron chi connectivity index (χ0n) is 10.2. The number of amides is 1. The smallest absolute Gasteiger partial charge is 0.241 e. The number of carbonyl (C=O) groups is 1. The lowest BCUT2D eigenvalue weighted by Gasteiger charge is -2.13. The van der Waals surface area contributed by atoms with E-state index in [1.54, 1.807) is 0 Å². The highest BCUT2D eigenvalue weighted by Crippen LogP contribution is 2.17. The Morgan fingerprint density at radius 1 is 1.41 bits per heavy atom. The monoisotopic (exact) mass is 254 g/mol. The Hall–Kier alpha value is -1.06. The minimum absolute atomic E-state index is 0. The lowest BCUT2D eigenvalue weighted by molar-refractivity contribution is -0.117. The maximum absolute atomic E-state index is 11.9. The Bertz CT molecular complexity index is 400. The summed E-state index contributed by atoms with van der Waals surface area (Å²) in [6.07, 6.45) is 2.03. The molecule has 0 aromatic heterocycles. The van der Waals surface area contributed by atoms with Crippen LogP contribution in [-0.4, -0.2) is 18.5 Å². The van der Waals surface area contributed by atoms with E-state index < -0.39 is 0 Å². The zero-order valence-corrected chi connectivity index (χ0v) is 11.1. The van der Waals surface area contributed by atoms with E-state index in [9.17, 15) is 4.79 Å². The average molecular weight is 255 g/mol. The van der Waals surface area contributed by atoms with Gasteiger partial charge in [0.1, 0.15) is 0 Å². The van der Waals surface area contributed by atoms with E-state index in [-0.39, 0.29) is 24.4 Å². The number of hydrogen-bond acceptors (Lipinski definition) is 2. The predicted octanol–water partition coefficient (Wildman–Crippen LogP) is 2.42. The van der Waals surface area contributed by atoms with Gasteiger partial charge >= 0.3 is 0 Å². The van der Waals surface area contributed by atoms with Gasteiger partial charge in [0, 0.05) is 5.69 Å². The van der Waals surface area contributed by atoms with Crippen LogP contribution in [-0.2, 0) is 4.79 Å². The first-order chi connectivity index (χ1) is 7.66. The van der Waals surface area contributed by atoms with Gasteiger partial charge in [-0.25, -0.2) is 0 Å². The van der Waals surface area contributed by atoms with Crippen molar-refractivity contribution >= 4 is 24.0 Å². The quantitative estimate of drug-likeness (QED) is 0.851. The van der Waals surface area contributed by atoms with Gasteiger partial charge in [0.05, 0.1) is 6.04 Å². The molecule has 0 bridgehead atoms. The highest BCUT2D eigenvalue weighted by atomic mass is 35.5. The summed E-state index contributed by atoms with van der Waals surface area (Å²) >= 11 is 0. The van der Waals surface area contributed by atoms with Crippen LogP contribution in [0.4, 0.5) is 5.69 Å². The summed E-state index contributed by atoms with van der Waals surface area (Å²) < 4.78 is 0. The molecule has 1 aliphatic rings. The highest BCUT2D eigenvalue weighted by molar-refractivity contribution is 5.95. The summed E-state index contributed by atoms with van der Waals surface area (Å²) in [7, 11) is 0. The minimum Gasteiger partial charge on any atom is -0.324 e. The summed E-state index contributed by atoms with van der Waals surface area (Å²) in [5.41, 5.74) is 3.20. The molecule has 1 aromatic carbocycles. The molecular formula is C13H19ClN2O. The molecule has 0 saturated carbocycles. The molecule has 2 N–H and O–H groups in total. The normalized spacial score (nSPS) is 18.6. The third-order valence-corrected chi connectivity index (χ3v) is 3.03. The molecule has 3 nitrogen and oxygen atoms in total. The zero-order chi connectivity index (χ0) is 11.5. The molecule has 0 radical (unpaired) electrons. The lowest BCUT2D eigenvalue weighted by atomic mass is 10.1. The number of carbonyl (C=O) groups excluding carboxylic acids is 1. The molecule has 1 aromatic rings. The SMILES string of the molecule is Cc1ccc(C)c(NC(=O)C2CCCN2)c1.Cl. The van der Waals surface area contributed by atoms with Gasteiger partial charge in [0.2, 0.25) is 5.91 Å². The molecule has 4 heteroatoms. The third-order valence-electron chi connectivity index (χ3n) is 3.03. The van der Waals surface area contributed by atoms with E-state index in [2.05, 4.69) is 16.7 Å². The van der Waals surface area contributed by atoms with Crippen LogP contribution in [0.15, 0.2) is 18.2 Å². The Morgan fingerprint density at radius 2 is 2.18 bits per heavy atom. The second-order valence-electron chi connectivity index (χ2n) is 4.46. The minimum atomic E-state index is -0.0140. The lowest BCUT2D eigenvalue weighted by Crippen LogP contribution is -2.35. The number of halogens is 1. The molecule has 1 unspecified atom stereocenters. The first-order valence-electron chi connectivity index (χ1n) is 5.78. The Kier molecular flexibility index (Phi) is 4.97. The van der Waals surface area contributed by atoms with Gasteiger partial charge in [0.25, 0.3) is 0 Å². The van der Waals surface area contributed by atoms with Crippen molar-refractivity contribution in [2.45, 2.75) is 32.7 Å². The molecule has 1 saturated heterocycles. The second kappa shape index (κ2) is 6.03. The summed E-state index contributed by atoms with van der Waals surface area (Å²) in [6.45, 7) is 4.99. The van der Waals surface area contributed by atoms with E-state index in [1.165, 1.54) is 5.56 Å². The summed E-state index contributed by atoms with van der Waals surface area (Å²) in [6, 6.07) is 6.09. The Labute approximate surface area is 108 Å². The molecule has 94 valence electrons. The van der Waals surface area contributed by atoms with Gasteiger partial charge in [-0.2, -0.15) is 0 Å². The van der Waals surface area contributed by atoms with Crippen LogP contribution in [0.25, 0.3) is 0 Å². The van der Waals surface area contributed by atoms with Crippen LogP contribution in [0.1, 0.15) is 24.0 Å². The van der Waals surface area contributed by atoms with Gasteiger partial charge in [-0.3, -0.25) is 4.79 Å². The molecule has 1 amide bonds. The number of hydrogen-bond donors (Lipinski definition) is 2. The highest BCUT2D eigenvalue weighted by Gasteiger charge is 2.22. The van der Waals surface area contributed by atoms with Gasteiger partial charge in [0.15, 0.2) is 0 Å². The van der Waals surface area contributed by atoms with E-state index in [0.717, 1.165) is 30.6 Å². The number of nitrogens with one attached hydrogen (secondary N) is 2. The molecule has 1 heterocycles. The van der Waals surface area contributed by atoms with Crippen molar-refractivity contribution in [3.8, 4) is 0 Å². The fourth-order valence-corrected chi connectivity index (χ4v) is 2.00. The third kappa shape index (κ3) is 3.45. The van der Waals surface area contributed by atoms with Crippen LogP contribution in [0.3, 0.4) is 0 Å². The second-order valence-corrected chi connectivity index (χ2v) is 4.46. The van der Waals surface area contributed by atoms with Crippen LogP contribution < -0.4 is 10.6 Å². The van der Waals surface area contributed by atoms with Crippen LogP contribution in [0, 0.1) is 13.8 Å². The van der Waals surface area contributed by atoms with Crippen LogP contribution in [0.5, 0.6) is 0 Å². The van der Waals surface area contributed by atoms with E-state index >= 15 is 0 Å². The van der Waals surface area contributed by atoms with E-state index in [1.807, 2.05) is 26.0 Å². The van der Waals surface area contributed by atoms with Gasteiger partial charge < -0.3 is 10.6 Å². The van der Waals surface area contributed by atoms with Crippen LogP contribution in [0.2, 0.25) is 0 Å². The maximum Gasteiger partial charge on any atom is 0.241 e. The van der Waals surface area contributed by atoms with Crippen molar-refractivity contribution in [3.63, 3.8) is 0 Å². The Morgan fingerprint density at radius 3 is 2.82 bits per heavy atom. The Balaban J connectivity index is 0.00000144. The van der Waals surface area contributed by atoms with E-state index in [4.69, 9.17) is 0 Å². The van der Waals surface area contributed by atoms with E-state index in [0.29, 0.717) is 0 Å². The fraction of sp³-hybridized carbons (Fsp3) is 0.462. The summed E-state index contributed by atoms with van der Waals surface area (Å²) in [5, 5.41) is 6.19. The van der Waals surface area contributed by atoms with Crippen LogP contribution >= 0.6 is 12.4 Å². The fourth-order valence-electron chi connectivity index (χ4n) is 2.00. The number of rotatable bonds is 2. The molecular weight excluding hydrogens is 236 g/mol. The van der Waals surface area contributed by atoms with Gasteiger partial charge in [-0.15, -0.1) is 12.4 Å². The molecule has 2 rings (SSSR count). The number of aryl methyl sites for hydroxylation is 2. The summed E-state index contributed by atoms with van der Waals surface area (Å²) in [4.78, 5) is 11.9. The number of anilines is 1. The summed E-state index contributed by atoms with van der Waals surface area (Å²) in [5.74, 6) is 0.0891. The van der Waals surface area contributed by atoms with Crippen molar-refractivity contribution in [3.05, 3.63) is 29.3 Å². The van der Waals surface area contributed by atoms with Crippen molar-refractivity contribution in [1.29, 1.82) is 0 Å². The van der Waals surface area contributed by atoms with Gasteiger partial charge in [-0.1, -0.05) is 12.1 Å². The number of benzene rings is 1. The molecule has 0 spiro atoms. The van der Waals surface area contributed by atoms with Crippen molar-refractivity contribution in [1.82, 2.24) is 5.32 Å². The molecule has 17 heavy (non-hydrogen) atoms. The molecule has 1 fully saturated rings. The van der Waals surface area contributed by atoms with Gasteiger partial charge in [-0.05, 0) is 50.4 Å².